The zero-order valence-corrected chi connectivity index (χ0v) is 15.4. The van der Waals surface area contributed by atoms with E-state index in [1.165, 1.54) is 37.3 Å². The standard InChI is InChI=1S/C20H20N2O5/c1-4-9-22-19(24)14-7-5-12(10-15(14)20(22)25)18(23)21-16-11-13(26-2)6-8-17(16)27-3/h5-8,10-11H,4,9H2,1-3H3,(H,21,23). The van der Waals surface area contributed by atoms with E-state index in [1.807, 2.05) is 6.92 Å². The molecule has 3 rings (SSSR count). The van der Waals surface area contributed by atoms with Gasteiger partial charge in [-0.15, -0.1) is 0 Å². The largest absolute Gasteiger partial charge is 0.497 e. The van der Waals surface area contributed by atoms with Crippen LogP contribution >= 0.6 is 0 Å². The van der Waals surface area contributed by atoms with Gasteiger partial charge in [0.05, 0.1) is 31.0 Å². The molecule has 7 heteroatoms. The van der Waals surface area contributed by atoms with Crippen LogP contribution in [0.5, 0.6) is 11.5 Å². The number of hydrogen-bond acceptors (Lipinski definition) is 5. The zero-order valence-electron chi connectivity index (χ0n) is 15.4. The first-order valence-electron chi connectivity index (χ1n) is 8.53. The predicted molar refractivity (Wildman–Crippen MR) is 99.6 cm³/mol. The van der Waals surface area contributed by atoms with Crippen molar-refractivity contribution >= 4 is 23.4 Å². The lowest BCUT2D eigenvalue weighted by molar-refractivity contribution is 0.0654. The molecule has 0 aromatic heterocycles. The van der Waals surface area contributed by atoms with Crippen LogP contribution in [0.2, 0.25) is 0 Å². The van der Waals surface area contributed by atoms with Crippen LogP contribution < -0.4 is 14.8 Å². The highest BCUT2D eigenvalue weighted by molar-refractivity contribution is 6.22. The van der Waals surface area contributed by atoms with Crippen molar-refractivity contribution in [1.82, 2.24) is 4.90 Å². The fourth-order valence-electron chi connectivity index (χ4n) is 2.96. The lowest BCUT2D eigenvalue weighted by atomic mass is 10.1. The fraction of sp³-hybridized carbons (Fsp3) is 0.250. The number of nitrogens with zero attached hydrogens (tertiary/aromatic N) is 1. The molecule has 0 atom stereocenters. The lowest BCUT2D eigenvalue weighted by Gasteiger charge is -2.12. The van der Waals surface area contributed by atoms with Crippen LogP contribution in [0.4, 0.5) is 5.69 Å². The Morgan fingerprint density at radius 3 is 2.41 bits per heavy atom. The molecule has 0 saturated carbocycles. The first-order valence-corrected chi connectivity index (χ1v) is 8.53. The summed E-state index contributed by atoms with van der Waals surface area (Å²) in [7, 11) is 3.03. The van der Waals surface area contributed by atoms with Gasteiger partial charge in [0, 0.05) is 18.2 Å². The van der Waals surface area contributed by atoms with Crippen molar-refractivity contribution < 1.29 is 23.9 Å². The molecule has 1 aliphatic heterocycles. The first-order chi connectivity index (χ1) is 13.0. The van der Waals surface area contributed by atoms with E-state index in [1.54, 1.807) is 18.2 Å². The minimum Gasteiger partial charge on any atom is -0.497 e. The topological polar surface area (TPSA) is 84.9 Å². The van der Waals surface area contributed by atoms with Crippen LogP contribution in [0.15, 0.2) is 36.4 Å². The number of carbonyl (C=O) groups is 3. The highest BCUT2D eigenvalue weighted by Gasteiger charge is 2.35. The molecule has 1 N–H and O–H groups in total. The van der Waals surface area contributed by atoms with E-state index in [0.717, 1.165) is 0 Å². The summed E-state index contributed by atoms with van der Waals surface area (Å²) < 4.78 is 10.4. The quantitative estimate of drug-likeness (QED) is 0.793. The number of amides is 3. The third kappa shape index (κ3) is 3.36. The van der Waals surface area contributed by atoms with Gasteiger partial charge >= 0.3 is 0 Å². The van der Waals surface area contributed by atoms with Crippen molar-refractivity contribution in [1.29, 1.82) is 0 Å². The molecule has 7 nitrogen and oxygen atoms in total. The monoisotopic (exact) mass is 368 g/mol. The van der Waals surface area contributed by atoms with Crippen LogP contribution in [0.3, 0.4) is 0 Å². The molecule has 1 heterocycles. The number of imide groups is 1. The minimum absolute atomic E-state index is 0.249. The van der Waals surface area contributed by atoms with Gasteiger partial charge in [-0.1, -0.05) is 6.92 Å². The van der Waals surface area contributed by atoms with E-state index in [9.17, 15) is 14.4 Å². The van der Waals surface area contributed by atoms with E-state index in [4.69, 9.17) is 9.47 Å². The average molecular weight is 368 g/mol. The van der Waals surface area contributed by atoms with Gasteiger partial charge in [0.25, 0.3) is 17.7 Å². The van der Waals surface area contributed by atoms with Gasteiger partial charge in [0.1, 0.15) is 11.5 Å². The van der Waals surface area contributed by atoms with E-state index in [2.05, 4.69) is 5.32 Å². The molecule has 0 bridgehead atoms. The second-order valence-electron chi connectivity index (χ2n) is 6.04. The number of rotatable bonds is 6. The van der Waals surface area contributed by atoms with Gasteiger partial charge in [-0.05, 0) is 36.8 Å². The molecular formula is C20H20N2O5. The Labute approximate surface area is 156 Å². The van der Waals surface area contributed by atoms with Crippen molar-refractivity contribution in [2.45, 2.75) is 13.3 Å². The fourth-order valence-corrected chi connectivity index (χ4v) is 2.96. The van der Waals surface area contributed by atoms with Crippen molar-refractivity contribution in [2.24, 2.45) is 0 Å². The maximum Gasteiger partial charge on any atom is 0.261 e. The smallest absolute Gasteiger partial charge is 0.261 e. The number of ether oxygens (including phenoxy) is 2. The molecule has 140 valence electrons. The number of anilines is 1. The average Bonchev–Trinajstić information content (AvgIpc) is 2.92. The Morgan fingerprint density at radius 1 is 1.00 bits per heavy atom. The van der Waals surface area contributed by atoms with Crippen molar-refractivity contribution in [2.75, 3.05) is 26.1 Å². The molecule has 1 aliphatic rings. The molecule has 0 saturated heterocycles. The zero-order chi connectivity index (χ0) is 19.6. The summed E-state index contributed by atoms with van der Waals surface area (Å²) in [6.07, 6.45) is 0.675. The molecule has 27 heavy (non-hydrogen) atoms. The summed E-state index contributed by atoms with van der Waals surface area (Å²) in [5.74, 6) is -0.0657. The van der Waals surface area contributed by atoms with Crippen molar-refractivity contribution in [3.05, 3.63) is 53.1 Å². The van der Waals surface area contributed by atoms with Crippen LogP contribution in [0, 0.1) is 0 Å². The van der Waals surface area contributed by atoms with E-state index in [-0.39, 0.29) is 22.9 Å². The summed E-state index contributed by atoms with van der Waals surface area (Å²) in [6.45, 7) is 2.25. The summed E-state index contributed by atoms with van der Waals surface area (Å²) in [4.78, 5) is 38.6. The lowest BCUT2D eigenvalue weighted by Crippen LogP contribution is -2.30. The third-order valence-corrected chi connectivity index (χ3v) is 4.33. The van der Waals surface area contributed by atoms with Crippen LogP contribution in [-0.2, 0) is 0 Å². The van der Waals surface area contributed by atoms with Gasteiger partial charge < -0.3 is 14.8 Å². The number of methoxy groups -OCH3 is 2. The Kier molecular flexibility index (Phi) is 5.12. The Morgan fingerprint density at radius 2 is 1.74 bits per heavy atom. The molecule has 0 unspecified atom stereocenters. The van der Waals surface area contributed by atoms with E-state index >= 15 is 0 Å². The number of carbonyl (C=O) groups excluding carboxylic acids is 3. The molecule has 2 aromatic rings. The predicted octanol–water partition coefficient (Wildman–Crippen LogP) is 2.96. The van der Waals surface area contributed by atoms with Gasteiger partial charge in [-0.2, -0.15) is 0 Å². The molecule has 0 aliphatic carbocycles. The van der Waals surface area contributed by atoms with E-state index < -0.39 is 5.91 Å². The molecular weight excluding hydrogens is 348 g/mol. The molecule has 2 aromatic carbocycles. The highest BCUT2D eigenvalue weighted by atomic mass is 16.5. The Bertz CT molecular complexity index is 923. The Balaban J connectivity index is 1.88. The molecule has 0 spiro atoms. The van der Waals surface area contributed by atoms with Crippen LogP contribution in [-0.4, -0.2) is 43.4 Å². The van der Waals surface area contributed by atoms with Gasteiger partial charge in [0.2, 0.25) is 0 Å². The number of nitrogens with one attached hydrogen (secondary N) is 1. The van der Waals surface area contributed by atoms with E-state index in [0.29, 0.717) is 35.7 Å². The Hall–Kier alpha value is -3.35. The van der Waals surface area contributed by atoms with Gasteiger partial charge in [-0.25, -0.2) is 0 Å². The van der Waals surface area contributed by atoms with Crippen molar-refractivity contribution in [3.8, 4) is 11.5 Å². The molecule has 3 amide bonds. The first kappa shape index (κ1) is 18.4. The maximum absolute atomic E-state index is 12.7. The van der Waals surface area contributed by atoms with Crippen LogP contribution in [0.25, 0.3) is 0 Å². The highest BCUT2D eigenvalue weighted by Crippen LogP contribution is 2.30. The second kappa shape index (κ2) is 7.49. The van der Waals surface area contributed by atoms with Crippen molar-refractivity contribution in [3.63, 3.8) is 0 Å². The summed E-state index contributed by atoms with van der Waals surface area (Å²) in [5, 5.41) is 2.75. The van der Waals surface area contributed by atoms with Gasteiger partial charge in [0.15, 0.2) is 0 Å². The summed E-state index contributed by atoms with van der Waals surface area (Å²) in [5.41, 5.74) is 1.29. The molecule has 0 fully saturated rings. The maximum atomic E-state index is 12.7. The normalized spacial score (nSPS) is 12.8. The van der Waals surface area contributed by atoms with Gasteiger partial charge in [-0.3, -0.25) is 19.3 Å². The minimum atomic E-state index is -0.418. The second-order valence-corrected chi connectivity index (χ2v) is 6.04. The summed E-state index contributed by atoms with van der Waals surface area (Å²) >= 11 is 0. The SMILES string of the molecule is CCCN1C(=O)c2ccc(C(=O)Nc3cc(OC)ccc3OC)cc2C1=O. The number of hydrogen-bond donors (Lipinski definition) is 1. The summed E-state index contributed by atoms with van der Waals surface area (Å²) in [6, 6.07) is 9.54. The number of benzene rings is 2. The molecule has 0 radical (unpaired) electrons. The third-order valence-electron chi connectivity index (χ3n) is 4.33. The van der Waals surface area contributed by atoms with Crippen LogP contribution in [0.1, 0.15) is 44.4 Å². The number of fused-ring (bicyclic) bond motifs is 1.